The van der Waals surface area contributed by atoms with Crippen molar-refractivity contribution in [3.05, 3.63) is 16.9 Å². The van der Waals surface area contributed by atoms with Gasteiger partial charge in [-0.05, 0) is 22.9 Å². The Labute approximate surface area is 82.8 Å². The van der Waals surface area contributed by atoms with Gasteiger partial charge in [0.25, 0.3) is 6.30 Å². The predicted molar refractivity (Wildman–Crippen MR) is 46.7 cm³/mol. The number of esters is 1. The zero-order valence-electron chi connectivity index (χ0n) is 6.91. The summed E-state index contributed by atoms with van der Waals surface area (Å²) < 4.78 is 19.1. The molecule has 4 nitrogen and oxygen atoms in total. The van der Waals surface area contributed by atoms with Gasteiger partial charge in [0, 0.05) is 6.20 Å². The van der Waals surface area contributed by atoms with E-state index in [1.54, 1.807) is 6.92 Å². The maximum Gasteiger partial charge on any atom is 0.363 e. The molecular formula is C7H8BrFN2O2. The van der Waals surface area contributed by atoms with Gasteiger partial charge in [-0.25, -0.2) is 13.9 Å². The second kappa shape index (κ2) is 4.36. The van der Waals surface area contributed by atoms with Gasteiger partial charge in [-0.3, -0.25) is 0 Å². The number of hydrogen-bond donors (Lipinski definition) is 0. The Morgan fingerprint density at radius 2 is 2.62 bits per heavy atom. The van der Waals surface area contributed by atoms with E-state index in [0.29, 0.717) is 4.47 Å². The Bertz CT molecular complexity index is 302. The van der Waals surface area contributed by atoms with E-state index in [4.69, 9.17) is 0 Å². The first-order chi connectivity index (χ1) is 6.15. The third-order valence-electron chi connectivity index (χ3n) is 1.28. The van der Waals surface area contributed by atoms with Gasteiger partial charge in [-0.2, -0.15) is 5.10 Å². The molecule has 1 aromatic heterocycles. The quantitative estimate of drug-likeness (QED) is 0.767. The number of halogens is 2. The summed E-state index contributed by atoms with van der Waals surface area (Å²) in [6, 6.07) is 0. The number of alkyl halides is 1. The molecule has 1 atom stereocenters. The molecule has 0 spiro atoms. The second-order valence-electron chi connectivity index (χ2n) is 2.23. The second-order valence-corrected chi connectivity index (χ2v) is 3.14. The molecule has 1 rings (SSSR count). The van der Waals surface area contributed by atoms with Crippen LogP contribution in [-0.2, 0) is 9.53 Å². The summed E-state index contributed by atoms with van der Waals surface area (Å²) >= 11 is 3.09. The average Bonchev–Trinajstić information content (AvgIpc) is 2.51. The third-order valence-corrected chi connectivity index (χ3v) is 1.69. The normalized spacial score (nSPS) is 12.5. The molecule has 0 radical (unpaired) electrons. The van der Waals surface area contributed by atoms with Crippen molar-refractivity contribution >= 4 is 21.9 Å². The number of carbonyl (C=O) groups excluding carboxylic acids is 1. The molecule has 0 N–H and O–H groups in total. The van der Waals surface area contributed by atoms with Crippen molar-refractivity contribution in [1.29, 1.82) is 0 Å². The highest BCUT2D eigenvalue weighted by Gasteiger charge is 2.20. The maximum atomic E-state index is 13.1. The van der Waals surface area contributed by atoms with E-state index in [9.17, 15) is 9.18 Å². The Balaban J connectivity index is 2.67. The molecule has 0 aliphatic rings. The fourth-order valence-corrected chi connectivity index (χ4v) is 1.06. The molecule has 0 saturated heterocycles. The molecule has 0 aliphatic carbocycles. The van der Waals surface area contributed by atoms with Crippen LogP contribution in [0.25, 0.3) is 0 Å². The molecule has 1 heterocycles. The van der Waals surface area contributed by atoms with Crippen LogP contribution in [0, 0.1) is 0 Å². The summed E-state index contributed by atoms with van der Waals surface area (Å²) in [7, 11) is 0. The Kier molecular flexibility index (Phi) is 3.41. The highest BCUT2D eigenvalue weighted by atomic mass is 79.9. The molecule has 0 saturated carbocycles. The highest BCUT2D eigenvalue weighted by Crippen LogP contribution is 2.13. The number of hydrogen-bond acceptors (Lipinski definition) is 3. The monoisotopic (exact) mass is 250 g/mol. The number of aromatic nitrogens is 2. The van der Waals surface area contributed by atoms with Crippen molar-refractivity contribution in [2.45, 2.75) is 13.2 Å². The van der Waals surface area contributed by atoms with Crippen molar-refractivity contribution in [2.75, 3.05) is 6.61 Å². The molecule has 72 valence electrons. The van der Waals surface area contributed by atoms with Gasteiger partial charge >= 0.3 is 5.97 Å². The van der Waals surface area contributed by atoms with Gasteiger partial charge in [0.05, 0.1) is 17.3 Å². The van der Waals surface area contributed by atoms with Crippen LogP contribution >= 0.6 is 15.9 Å². The molecule has 6 heteroatoms. The minimum Gasteiger partial charge on any atom is -0.462 e. The Morgan fingerprint density at radius 3 is 3.08 bits per heavy atom. The number of rotatable bonds is 3. The lowest BCUT2D eigenvalue weighted by Gasteiger charge is -2.06. The van der Waals surface area contributed by atoms with Crippen LogP contribution in [0.15, 0.2) is 16.9 Å². The zero-order chi connectivity index (χ0) is 9.84. The fourth-order valence-electron chi connectivity index (χ4n) is 0.758. The van der Waals surface area contributed by atoms with E-state index in [0.717, 1.165) is 4.68 Å². The zero-order valence-corrected chi connectivity index (χ0v) is 8.49. The first-order valence-electron chi connectivity index (χ1n) is 3.65. The largest absolute Gasteiger partial charge is 0.462 e. The minimum atomic E-state index is -1.87. The molecule has 1 unspecified atom stereocenters. The van der Waals surface area contributed by atoms with Crippen molar-refractivity contribution in [3.63, 3.8) is 0 Å². The summed E-state index contributed by atoms with van der Waals surface area (Å²) in [5.74, 6) is -0.932. The summed E-state index contributed by atoms with van der Waals surface area (Å²) in [5, 5.41) is 3.61. The maximum absolute atomic E-state index is 13.1. The smallest absolute Gasteiger partial charge is 0.363 e. The number of carbonyl (C=O) groups is 1. The molecule has 0 aromatic carbocycles. The first kappa shape index (κ1) is 10.2. The highest BCUT2D eigenvalue weighted by molar-refractivity contribution is 9.10. The van der Waals surface area contributed by atoms with Gasteiger partial charge in [0.15, 0.2) is 0 Å². The molecule has 0 aliphatic heterocycles. The summed E-state index contributed by atoms with van der Waals surface area (Å²) in [6.07, 6.45) is 0.888. The molecule has 0 fully saturated rings. The van der Waals surface area contributed by atoms with Crippen LogP contribution in [-0.4, -0.2) is 22.4 Å². The van der Waals surface area contributed by atoms with Crippen molar-refractivity contribution in [3.8, 4) is 0 Å². The molecule has 1 aromatic rings. The van der Waals surface area contributed by atoms with Crippen LogP contribution in [0.3, 0.4) is 0 Å². The average molecular weight is 251 g/mol. The van der Waals surface area contributed by atoms with Crippen molar-refractivity contribution in [2.24, 2.45) is 0 Å². The fraction of sp³-hybridized carbons (Fsp3) is 0.429. The van der Waals surface area contributed by atoms with E-state index in [1.807, 2.05) is 0 Å². The van der Waals surface area contributed by atoms with E-state index in [-0.39, 0.29) is 6.61 Å². The minimum absolute atomic E-state index is 0.154. The molecule has 0 amide bonds. The van der Waals surface area contributed by atoms with Crippen LogP contribution in [0.2, 0.25) is 0 Å². The van der Waals surface area contributed by atoms with Gasteiger partial charge < -0.3 is 4.74 Å². The van der Waals surface area contributed by atoms with Crippen LogP contribution in [0.1, 0.15) is 13.2 Å². The van der Waals surface area contributed by atoms with E-state index < -0.39 is 12.3 Å². The van der Waals surface area contributed by atoms with E-state index in [2.05, 4.69) is 25.8 Å². The lowest BCUT2D eigenvalue weighted by molar-refractivity contribution is -0.153. The van der Waals surface area contributed by atoms with Gasteiger partial charge in [0.1, 0.15) is 0 Å². The number of nitrogens with zero attached hydrogens (tertiary/aromatic N) is 2. The van der Waals surface area contributed by atoms with Crippen molar-refractivity contribution in [1.82, 2.24) is 9.78 Å². The SMILES string of the molecule is CCOC(=O)C(F)n1cc(Br)cn1. The van der Waals surface area contributed by atoms with E-state index >= 15 is 0 Å². The lowest BCUT2D eigenvalue weighted by atomic mass is 10.6. The van der Waals surface area contributed by atoms with Gasteiger partial charge in [0.2, 0.25) is 0 Å². The topological polar surface area (TPSA) is 44.1 Å². The Hall–Kier alpha value is -0.910. The Morgan fingerprint density at radius 1 is 1.92 bits per heavy atom. The summed E-state index contributed by atoms with van der Waals surface area (Å²) in [4.78, 5) is 10.9. The van der Waals surface area contributed by atoms with Crippen LogP contribution in [0.5, 0.6) is 0 Å². The molecular weight excluding hydrogens is 243 g/mol. The molecule has 13 heavy (non-hydrogen) atoms. The first-order valence-corrected chi connectivity index (χ1v) is 4.44. The third kappa shape index (κ3) is 2.51. The van der Waals surface area contributed by atoms with Crippen LogP contribution in [0.4, 0.5) is 4.39 Å². The summed E-state index contributed by atoms with van der Waals surface area (Å²) in [5.41, 5.74) is 0. The van der Waals surface area contributed by atoms with Gasteiger partial charge in [-0.15, -0.1) is 0 Å². The lowest BCUT2D eigenvalue weighted by Crippen LogP contribution is -2.18. The van der Waals surface area contributed by atoms with Gasteiger partial charge in [-0.1, -0.05) is 0 Å². The standard InChI is InChI=1S/C7H8BrFN2O2/c1-2-13-7(12)6(9)11-4-5(8)3-10-11/h3-4,6H,2H2,1H3. The predicted octanol–water partition coefficient (Wildman–Crippen LogP) is 1.68. The number of ether oxygens (including phenoxy) is 1. The molecule has 0 bridgehead atoms. The van der Waals surface area contributed by atoms with Crippen LogP contribution < -0.4 is 0 Å². The van der Waals surface area contributed by atoms with Crippen molar-refractivity contribution < 1.29 is 13.9 Å². The summed E-state index contributed by atoms with van der Waals surface area (Å²) in [6.45, 7) is 1.77. The van der Waals surface area contributed by atoms with E-state index in [1.165, 1.54) is 12.4 Å².